The quantitative estimate of drug-likeness (QED) is 0.840. The molecule has 1 saturated heterocycles. The summed E-state index contributed by atoms with van der Waals surface area (Å²) < 4.78 is 5.13. The third-order valence-corrected chi connectivity index (χ3v) is 3.63. The van der Waals surface area contributed by atoms with Crippen LogP contribution in [0, 0.1) is 0 Å². The molecular formula is C13H15N3O3. The molecule has 100 valence electrons. The molecular weight excluding hydrogens is 246 g/mol. The van der Waals surface area contributed by atoms with Crippen LogP contribution in [0.2, 0.25) is 0 Å². The lowest BCUT2D eigenvalue weighted by Crippen LogP contribution is -2.37. The van der Waals surface area contributed by atoms with Gasteiger partial charge in [0.1, 0.15) is 12.1 Å². The van der Waals surface area contributed by atoms with Crippen molar-refractivity contribution in [3.05, 3.63) is 29.8 Å². The number of carbonyl (C=O) groups is 2. The summed E-state index contributed by atoms with van der Waals surface area (Å²) in [6.07, 6.45) is -0.808. The van der Waals surface area contributed by atoms with Crippen molar-refractivity contribution in [1.82, 2.24) is 4.90 Å². The number of hydrogen-bond donors (Lipinski definition) is 1. The van der Waals surface area contributed by atoms with Crippen LogP contribution < -0.4 is 10.6 Å². The SMILES string of the molecule is CN1C(=O)[C@H](N2CC(CN)OC2=O)c2ccccc21. The lowest BCUT2D eigenvalue weighted by Gasteiger charge is -2.20. The third kappa shape index (κ3) is 1.67. The highest BCUT2D eigenvalue weighted by Crippen LogP contribution is 2.39. The Morgan fingerprint density at radius 1 is 1.37 bits per heavy atom. The van der Waals surface area contributed by atoms with E-state index in [1.54, 1.807) is 11.9 Å². The summed E-state index contributed by atoms with van der Waals surface area (Å²) in [5.41, 5.74) is 7.19. The lowest BCUT2D eigenvalue weighted by molar-refractivity contribution is -0.121. The Bertz CT molecular complexity index is 546. The molecule has 1 aromatic carbocycles. The van der Waals surface area contributed by atoms with E-state index in [1.165, 1.54) is 4.90 Å². The van der Waals surface area contributed by atoms with Crippen LogP contribution in [0.25, 0.3) is 0 Å². The monoisotopic (exact) mass is 261 g/mol. The summed E-state index contributed by atoms with van der Waals surface area (Å²) in [4.78, 5) is 27.2. The molecule has 0 saturated carbocycles. The van der Waals surface area contributed by atoms with Gasteiger partial charge in [0.05, 0.1) is 6.54 Å². The van der Waals surface area contributed by atoms with E-state index in [4.69, 9.17) is 10.5 Å². The minimum Gasteiger partial charge on any atom is -0.443 e. The van der Waals surface area contributed by atoms with Crippen molar-refractivity contribution < 1.29 is 14.3 Å². The summed E-state index contributed by atoms with van der Waals surface area (Å²) >= 11 is 0. The first-order valence-electron chi connectivity index (χ1n) is 6.17. The Labute approximate surface area is 110 Å². The van der Waals surface area contributed by atoms with Crippen molar-refractivity contribution in [1.29, 1.82) is 0 Å². The van der Waals surface area contributed by atoms with Gasteiger partial charge < -0.3 is 15.4 Å². The number of benzene rings is 1. The first-order valence-corrected chi connectivity index (χ1v) is 6.17. The molecule has 3 rings (SSSR count). The van der Waals surface area contributed by atoms with E-state index in [9.17, 15) is 9.59 Å². The van der Waals surface area contributed by atoms with Crippen molar-refractivity contribution in [2.75, 3.05) is 25.0 Å². The standard InChI is InChI=1S/C13H15N3O3/c1-15-10-5-3-2-4-9(10)11(12(15)17)16-7-8(6-14)19-13(16)18/h2-5,8,11H,6-7,14H2,1H3/t8?,11-/m1/s1. The van der Waals surface area contributed by atoms with Gasteiger partial charge in [0, 0.05) is 24.8 Å². The topological polar surface area (TPSA) is 75.9 Å². The van der Waals surface area contributed by atoms with Gasteiger partial charge in [-0.2, -0.15) is 0 Å². The van der Waals surface area contributed by atoms with Crippen LogP contribution in [0.4, 0.5) is 10.5 Å². The Balaban J connectivity index is 1.98. The van der Waals surface area contributed by atoms with Gasteiger partial charge in [0.25, 0.3) is 5.91 Å². The van der Waals surface area contributed by atoms with Crippen LogP contribution >= 0.6 is 0 Å². The van der Waals surface area contributed by atoms with E-state index in [-0.39, 0.29) is 18.6 Å². The first-order chi connectivity index (χ1) is 9.13. The number of fused-ring (bicyclic) bond motifs is 1. The molecule has 1 fully saturated rings. The summed E-state index contributed by atoms with van der Waals surface area (Å²) in [6.45, 7) is 0.620. The number of carbonyl (C=O) groups excluding carboxylic acids is 2. The normalized spacial score (nSPS) is 25.8. The first kappa shape index (κ1) is 12.0. The molecule has 2 aliphatic rings. The van der Waals surface area contributed by atoms with E-state index >= 15 is 0 Å². The maximum absolute atomic E-state index is 12.3. The van der Waals surface area contributed by atoms with Crippen LogP contribution in [-0.4, -0.2) is 43.1 Å². The minimum absolute atomic E-state index is 0.115. The second-order valence-electron chi connectivity index (χ2n) is 4.75. The van der Waals surface area contributed by atoms with Crippen LogP contribution in [0.15, 0.2) is 24.3 Å². The zero-order valence-corrected chi connectivity index (χ0v) is 10.6. The van der Waals surface area contributed by atoms with E-state index in [0.29, 0.717) is 6.54 Å². The van der Waals surface area contributed by atoms with Crippen molar-refractivity contribution in [3.8, 4) is 0 Å². The van der Waals surface area contributed by atoms with Gasteiger partial charge in [-0.05, 0) is 6.07 Å². The van der Waals surface area contributed by atoms with Crippen molar-refractivity contribution in [2.45, 2.75) is 12.1 Å². The molecule has 0 aromatic heterocycles. The number of likely N-dealkylation sites (N-methyl/N-ethyl adjacent to an activating group) is 1. The molecule has 2 heterocycles. The molecule has 2 N–H and O–H groups in total. The Morgan fingerprint density at radius 2 is 2.11 bits per heavy atom. The second-order valence-corrected chi connectivity index (χ2v) is 4.75. The number of anilines is 1. The minimum atomic E-state index is -0.592. The number of amides is 2. The molecule has 1 unspecified atom stereocenters. The van der Waals surface area contributed by atoms with Gasteiger partial charge in [-0.15, -0.1) is 0 Å². The summed E-state index contributed by atoms with van der Waals surface area (Å²) in [5, 5.41) is 0. The Hall–Kier alpha value is -2.08. The van der Waals surface area contributed by atoms with Crippen molar-refractivity contribution in [3.63, 3.8) is 0 Å². The Kier molecular flexibility index (Phi) is 2.67. The van der Waals surface area contributed by atoms with E-state index in [0.717, 1.165) is 11.3 Å². The largest absolute Gasteiger partial charge is 0.443 e. The van der Waals surface area contributed by atoms with Gasteiger partial charge >= 0.3 is 6.09 Å². The van der Waals surface area contributed by atoms with Gasteiger partial charge in [0.2, 0.25) is 0 Å². The van der Waals surface area contributed by atoms with Gasteiger partial charge in [-0.3, -0.25) is 9.69 Å². The van der Waals surface area contributed by atoms with Gasteiger partial charge in [0.15, 0.2) is 0 Å². The molecule has 6 heteroatoms. The van der Waals surface area contributed by atoms with Crippen molar-refractivity contribution in [2.24, 2.45) is 5.73 Å². The summed E-state index contributed by atoms with van der Waals surface area (Å²) in [5.74, 6) is -0.115. The number of cyclic esters (lactones) is 1. The highest BCUT2D eigenvalue weighted by Gasteiger charge is 2.45. The maximum atomic E-state index is 12.3. The highest BCUT2D eigenvalue weighted by molar-refractivity contribution is 6.05. The lowest BCUT2D eigenvalue weighted by atomic mass is 10.1. The molecule has 0 spiro atoms. The number of nitrogens with two attached hydrogens (primary N) is 1. The van der Waals surface area contributed by atoms with E-state index in [1.807, 2.05) is 24.3 Å². The predicted octanol–water partition coefficient (Wildman–Crippen LogP) is 0.484. The number of nitrogens with zero attached hydrogens (tertiary/aromatic N) is 2. The molecule has 2 atom stereocenters. The molecule has 2 aliphatic heterocycles. The number of hydrogen-bond acceptors (Lipinski definition) is 4. The highest BCUT2D eigenvalue weighted by atomic mass is 16.6. The summed E-state index contributed by atoms with van der Waals surface area (Å²) in [7, 11) is 1.71. The smallest absolute Gasteiger partial charge is 0.411 e. The van der Waals surface area contributed by atoms with Gasteiger partial charge in [-0.1, -0.05) is 18.2 Å². The maximum Gasteiger partial charge on any atom is 0.411 e. The molecule has 2 amide bonds. The third-order valence-electron chi connectivity index (χ3n) is 3.63. The molecule has 19 heavy (non-hydrogen) atoms. The molecule has 0 bridgehead atoms. The Morgan fingerprint density at radius 3 is 2.79 bits per heavy atom. The fourth-order valence-electron chi connectivity index (χ4n) is 2.64. The zero-order chi connectivity index (χ0) is 13.6. The van der Waals surface area contributed by atoms with E-state index < -0.39 is 12.1 Å². The molecule has 0 radical (unpaired) electrons. The van der Waals surface area contributed by atoms with Gasteiger partial charge in [-0.25, -0.2) is 4.79 Å². The number of rotatable bonds is 2. The summed E-state index contributed by atoms with van der Waals surface area (Å²) in [6, 6.07) is 6.88. The average molecular weight is 261 g/mol. The van der Waals surface area contributed by atoms with Crippen LogP contribution in [-0.2, 0) is 9.53 Å². The van der Waals surface area contributed by atoms with E-state index in [2.05, 4.69) is 0 Å². The van der Waals surface area contributed by atoms with Crippen molar-refractivity contribution >= 4 is 17.7 Å². The number of ether oxygens (including phenoxy) is 1. The van der Waals surface area contributed by atoms with Crippen LogP contribution in [0.1, 0.15) is 11.6 Å². The molecule has 6 nitrogen and oxygen atoms in total. The van der Waals surface area contributed by atoms with Crippen LogP contribution in [0.5, 0.6) is 0 Å². The fraction of sp³-hybridized carbons (Fsp3) is 0.385. The predicted molar refractivity (Wildman–Crippen MR) is 68.6 cm³/mol. The second kappa shape index (κ2) is 4.24. The number of para-hydroxylation sites is 1. The average Bonchev–Trinajstić information content (AvgIpc) is 2.90. The zero-order valence-electron chi connectivity index (χ0n) is 10.6. The fourth-order valence-corrected chi connectivity index (χ4v) is 2.64. The van der Waals surface area contributed by atoms with Crippen LogP contribution in [0.3, 0.4) is 0 Å². The molecule has 0 aliphatic carbocycles. The molecule has 1 aromatic rings.